The minimum atomic E-state index is -0.377. The second-order valence-corrected chi connectivity index (χ2v) is 4.55. The zero-order valence-electron chi connectivity index (χ0n) is 6.54. The summed E-state index contributed by atoms with van der Waals surface area (Å²) in [5, 5.41) is 0.684. The third-order valence-electron chi connectivity index (χ3n) is 1.12. The maximum absolute atomic E-state index is 5.85. The van der Waals surface area contributed by atoms with E-state index < -0.39 is 0 Å². The van der Waals surface area contributed by atoms with Gasteiger partial charge in [0.05, 0.1) is 13.2 Å². The predicted molar refractivity (Wildman–Crippen MR) is 50.8 cm³/mol. The first-order valence-corrected chi connectivity index (χ1v) is 5.83. The Balaban J connectivity index is 2.78. The molecule has 0 heterocycles. The van der Waals surface area contributed by atoms with Gasteiger partial charge in [-0.25, -0.2) is 0 Å². The molecule has 0 bridgehead atoms. The lowest BCUT2D eigenvalue weighted by molar-refractivity contribution is 0.623. The summed E-state index contributed by atoms with van der Waals surface area (Å²) in [7, 11) is -0.377. The molecule has 1 rings (SSSR count). The van der Waals surface area contributed by atoms with Crippen LogP contribution < -0.4 is 4.52 Å². The summed E-state index contributed by atoms with van der Waals surface area (Å²) in [5.74, 6) is 0.783. The zero-order valence-corrected chi connectivity index (χ0v) is 8.19. The van der Waals surface area contributed by atoms with Gasteiger partial charge in [0.2, 0.25) is 0 Å². The molecule has 11 heavy (non-hydrogen) atoms. The number of benzene rings is 1. The third-order valence-corrected chi connectivity index (χ3v) is 1.99. The highest BCUT2D eigenvalue weighted by molar-refractivity contribution is 7.51. The molecule has 0 atom stereocenters. The summed E-state index contributed by atoms with van der Waals surface area (Å²) in [6.45, 7) is 4.08. The quantitative estimate of drug-likeness (QED) is 0.647. The van der Waals surface area contributed by atoms with Gasteiger partial charge in [-0.05, 0) is 25.5 Å². The van der Waals surface area contributed by atoms with Gasteiger partial charge in [-0.15, -0.1) is 0 Å². The Kier molecular flexibility index (Phi) is 3.16. The minimum Gasteiger partial charge on any atom is -0.473 e. The van der Waals surface area contributed by atoms with E-state index in [-0.39, 0.29) is 8.15 Å². The largest absolute Gasteiger partial charge is 0.473 e. The fraction of sp³-hybridized carbons (Fsp3) is 0.250. The van der Waals surface area contributed by atoms with Gasteiger partial charge in [0.1, 0.15) is 5.75 Å². The van der Waals surface area contributed by atoms with Gasteiger partial charge in [0, 0.05) is 0 Å². The van der Waals surface area contributed by atoms with Gasteiger partial charge < -0.3 is 4.52 Å². The highest BCUT2D eigenvalue weighted by atomic mass is 35.5. The maximum Gasteiger partial charge on any atom is 0.141 e. The summed E-state index contributed by atoms with van der Waals surface area (Å²) in [6, 6.07) is 7.52. The van der Waals surface area contributed by atoms with E-state index in [1.165, 1.54) is 0 Å². The molecule has 0 saturated heterocycles. The monoisotopic (exact) mass is 188 g/mol. The first-order valence-electron chi connectivity index (χ1n) is 3.30. The highest BCUT2D eigenvalue weighted by Crippen LogP contribution is 2.34. The fourth-order valence-corrected chi connectivity index (χ4v) is 1.50. The van der Waals surface area contributed by atoms with Gasteiger partial charge in [-0.3, -0.25) is 0 Å². The molecule has 0 aromatic heterocycles. The standard InChI is InChI=1S/C8H10ClOP/c1-11(2)10-8-6-4-3-5-7(8)9/h3-6H,1-2H3. The lowest BCUT2D eigenvalue weighted by atomic mass is 10.3. The van der Waals surface area contributed by atoms with E-state index in [4.69, 9.17) is 16.1 Å². The van der Waals surface area contributed by atoms with Crippen LogP contribution in [0.4, 0.5) is 0 Å². The smallest absolute Gasteiger partial charge is 0.141 e. The topological polar surface area (TPSA) is 9.23 Å². The Labute approximate surface area is 73.2 Å². The van der Waals surface area contributed by atoms with Crippen LogP contribution in [-0.2, 0) is 0 Å². The Bertz CT molecular complexity index is 237. The summed E-state index contributed by atoms with van der Waals surface area (Å²) in [4.78, 5) is 0. The number of para-hydroxylation sites is 1. The van der Waals surface area contributed by atoms with Crippen LogP contribution in [-0.4, -0.2) is 13.3 Å². The van der Waals surface area contributed by atoms with Crippen LogP contribution in [0, 0.1) is 0 Å². The Morgan fingerprint density at radius 3 is 2.45 bits per heavy atom. The normalized spacial score (nSPS) is 10.2. The molecular formula is C8H10ClOP. The molecule has 0 fully saturated rings. The molecule has 0 aliphatic rings. The summed E-state index contributed by atoms with van der Waals surface area (Å²) in [6.07, 6.45) is 0. The highest BCUT2D eigenvalue weighted by Gasteiger charge is 2.00. The van der Waals surface area contributed by atoms with Crippen molar-refractivity contribution in [2.75, 3.05) is 13.3 Å². The van der Waals surface area contributed by atoms with Crippen molar-refractivity contribution < 1.29 is 4.52 Å². The molecular weight excluding hydrogens is 179 g/mol. The third kappa shape index (κ3) is 2.69. The van der Waals surface area contributed by atoms with E-state index in [0.717, 1.165) is 5.75 Å². The summed E-state index contributed by atoms with van der Waals surface area (Å²) >= 11 is 5.85. The van der Waals surface area contributed by atoms with E-state index >= 15 is 0 Å². The summed E-state index contributed by atoms with van der Waals surface area (Å²) < 4.78 is 5.48. The van der Waals surface area contributed by atoms with Crippen LogP contribution in [0.2, 0.25) is 5.02 Å². The second-order valence-electron chi connectivity index (χ2n) is 2.33. The van der Waals surface area contributed by atoms with Crippen molar-refractivity contribution in [1.29, 1.82) is 0 Å². The van der Waals surface area contributed by atoms with E-state index in [0.29, 0.717) is 5.02 Å². The molecule has 0 aliphatic heterocycles. The molecule has 1 nitrogen and oxygen atoms in total. The molecule has 60 valence electrons. The molecule has 0 unspecified atom stereocenters. The SMILES string of the molecule is CP(C)Oc1ccccc1Cl. The second kappa shape index (κ2) is 3.94. The number of halogens is 1. The van der Waals surface area contributed by atoms with Gasteiger partial charge in [0.15, 0.2) is 0 Å². The van der Waals surface area contributed by atoms with Crippen molar-refractivity contribution in [3.05, 3.63) is 29.3 Å². The average molecular weight is 189 g/mol. The van der Waals surface area contributed by atoms with Crippen LogP contribution in [0.25, 0.3) is 0 Å². The molecule has 0 N–H and O–H groups in total. The molecule has 0 amide bonds. The zero-order chi connectivity index (χ0) is 8.27. The number of rotatable bonds is 2. The fourth-order valence-electron chi connectivity index (χ4n) is 0.715. The van der Waals surface area contributed by atoms with Crippen molar-refractivity contribution in [3.63, 3.8) is 0 Å². The number of hydrogen-bond donors (Lipinski definition) is 0. The summed E-state index contributed by atoms with van der Waals surface area (Å²) in [5.41, 5.74) is 0. The predicted octanol–water partition coefficient (Wildman–Crippen LogP) is 3.38. The van der Waals surface area contributed by atoms with Crippen LogP contribution >= 0.6 is 19.7 Å². The van der Waals surface area contributed by atoms with Crippen LogP contribution in [0.15, 0.2) is 24.3 Å². The Morgan fingerprint density at radius 2 is 1.91 bits per heavy atom. The van der Waals surface area contributed by atoms with Crippen LogP contribution in [0.1, 0.15) is 0 Å². The van der Waals surface area contributed by atoms with Crippen molar-refractivity contribution in [2.24, 2.45) is 0 Å². The van der Waals surface area contributed by atoms with Crippen molar-refractivity contribution >= 4 is 19.7 Å². The molecule has 0 radical (unpaired) electrons. The van der Waals surface area contributed by atoms with Gasteiger partial charge in [-0.1, -0.05) is 23.7 Å². The van der Waals surface area contributed by atoms with Gasteiger partial charge >= 0.3 is 0 Å². The molecule has 0 saturated carbocycles. The average Bonchev–Trinajstić information content (AvgIpc) is 1.93. The van der Waals surface area contributed by atoms with Crippen molar-refractivity contribution in [3.8, 4) is 5.75 Å². The molecule has 0 spiro atoms. The Hall–Kier alpha value is -0.260. The maximum atomic E-state index is 5.85. The molecule has 3 heteroatoms. The van der Waals surface area contributed by atoms with Crippen LogP contribution in [0.5, 0.6) is 5.75 Å². The van der Waals surface area contributed by atoms with Crippen molar-refractivity contribution in [2.45, 2.75) is 0 Å². The molecule has 0 aliphatic carbocycles. The lowest BCUT2D eigenvalue weighted by Gasteiger charge is -2.09. The lowest BCUT2D eigenvalue weighted by Crippen LogP contribution is -1.83. The number of hydrogen-bond acceptors (Lipinski definition) is 1. The first kappa shape index (κ1) is 8.83. The van der Waals surface area contributed by atoms with Gasteiger partial charge in [0.25, 0.3) is 0 Å². The minimum absolute atomic E-state index is 0.377. The Morgan fingerprint density at radius 1 is 1.27 bits per heavy atom. The molecule has 1 aromatic rings. The first-order chi connectivity index (χ1) is 5.20. The van der Waals surface area contributed by atoms with Crippen molar-refractivity contribution in [1.82, 2.24) is 0 Å². The van der Waals surface area contributed by atoms with E-state index in [9.17, 15) is 0 Å². The van der Waals surface area contributed by atoms with Gasteiger partial charge in [-0.2, -0.15) is 0 Å². The molecule has 1 aromatic carbocycles. The van der Waals surface area contributed by atoms with E-state index in [2.05, 4.69) is 0 Å². The van der Waals surface area contributed by atoms with E-state index in [1.807, 2.05) is 37.6 Å². The van der Waals surface area contributed by atoms with E-state index in [1.54, 1.807) is 0 Å². The van der Waals surface area contributed by atoms with Crippen LogP contribution in [0.3, 0.4) is 0 Å².